The van der Waals surface area contributed by atoms with Crippen molar-refractivity contribution in [1.82, 2.24) is 0 Å². The van der Waals surface area contributed by atoms with Gasteiger partial charge in [0.15, 0.2) is 0 Å². The van der Waals surface area contributed by atoms with Gasteiger partial charge in [0.25, 0.3) is 0 Å². The molecule has 0 aromatic carbocycles. The first kappa shape index (κ1) is 18.2. The van der Waals surface area contributed by atoms with Crippen molar-refractivity contribution < 1.29 is 20.1 Å². The summed E-state index contributed by atoms with van der Waals surface area (Å²) in [5, 5.41) is 28.2. The van der Waals surface area contributed by atoms with Crippen LogP contribution in [0, 0.1) is 22.7 Å². The van der Waals surface area contributed by atoms with Gasteiger partial charge in [-0.05, 0) is 56.3 Å². The second-order valence-electron chi connectivity index (χ2n) is 7.80. The first-order chi connectivity index (χ1) is 10.8. The van der Waals surface area contributed by atoms with Gasteiger partial charge in [0.05, 0.1) is 18.1 Å². The molecule has 2 aliphatic carbocycles. The van der Waals surface area contributed by atoms with E-state index < -0.39 is 17.5 Å². The Bertz CT molecular complexity index is 498. The number of aliphatic carboxylic acids is 1. The van der Waals surface area contributed by atoms with E-state index in [9.17, 15) is 15.0 Å². The van der Waals surface area contributed by atoms with Crippen molar-refractivity contribution >= 4 is 5.97 Å². The van der Waals surface area contributed by atoms with E-state index in [0.29, 0.717) is 0 Å². The van der Waals surface area contributed by atoms with Crippen molar-refractivity contribution in [3.05, 3.63) is 24.3 Å². The maximum Gasteiger partial charge on any atom is 0.309 e. The molecule has 3 N–H and O–H groups in total. The molecular formula is C19H30O4. The fraction of sp³-hybridized carbons (Fsp3) is 0.737. The third-order valence-corrected chi connectivity index (χ3v) is 6.43. The molecule has 2 aliphatic rings. The van der Waals surface area contributed by atoms with Crippen molar-refractivity contribution in [1.29, 1.82) is 0 Å². The minimum absolute atomic E-state index is 0.0603. The molecule has 0 heterocycles. The zero-order valence-electron chi connectivity index (χ0n) is 14.3. The molecule has 1 unspecified atom stereocenters. The fourth-order valence-corrected chi connectivity index (χ4v) is 5.07. The molecule has 0 amide bonds. The van der Waals surface area contributed by atoms with E-state index in [1.54, 1.807) is 6.08 Å². The number of aliphatic hydroxyl groups is 2. The van der Waals surface area contributed by atoms with Crippen molar-refractivity contribution in [3.8, 4) is 0 Å². The SMILES string of the molecule is C=C1CC[C@@H]2[C@](C)(CCC[C@]2(C)C(=O)O)[C@H]1C/C=C/C(O)CO. The van der Waals surface area contributed by atoms with E-state index in [0.717, 1.165) is 38.5 Å². The smallest absolute Gasteiger partial charge is 0.309 e. The molecule has 0 bridgehead atoms. The van der Waals surface area contributed by atoms with Crippen LogP contribution in [0.15, 0.2) is 24.3 Å². The minimum Gasteiger partial charge on any atom is -0.481 e. The lowest BCUT2D eigenvalue weighted by Crippen LogP contribution is -2.53. The van der Waals surface area contributed by atoms with E-state index >= 15 is 0 Å². The molecule has 23 heavy (non-hydrogen) atoms. The van der Waals surface area contributed by atoms with Gasteiger partial charge in [0.2, 0.25) is 0 Å². The zero-order valence-corrected chi connectivity index (χ0v) is 14.3. The summed E-state index contributed by atoms with van der Waals surface area (Å²) in [5.41, 5.74) is 0.483. The van der Waals surface area contributed by atoms with Crippen LogP contribution in [0.5, 0.6) is 0 Å². The summed E-state index contributed by atoms with van der Waals surface area (Å²) in [7, 11) is 0. The second kappa shape index (κ2) is 6.78. The number of carboxylic acid groups (broad SMARTS) is 1. The van der Waals surface area contributed by atoms with Crippen LogP contribution in [0.4, 0.5) is 0 Å². The molecule has 0 radical (unpaired) electrons. The third-order valence-electron chi connectivity index (χ3n) is 6.43. The number of allylic oxidation sites excluding steroid dienone is 2. The lowest BCUT2D eigenvalue weighted by atomic mass is 9.47. The van der Waals surface area contributed by atoms with Crippen LogP contribution >= 0.6 is 0 Å². The number of fused-ring (bicyclic) bond motifs is 1. The summed E-state index contributed by atoms with van der Waals surface area (Å²) in [6, 6.07) is 0. The van der Waals surface area contributed by atoms with Gasteiger partial charge >= 0.3 is 5.97 Å². The van der Waals surface area contributed by atoms with Crippen LogP contribution in [0.25, 0.3) is 0 Å². The highest BCUT2D eigenvalue weighted by Crippen LogP contribution is 2.61. The topological polar surface area (TPSA) is 77.8 Å². The molecular weight excluding hydrogens is 292 g/mol. The summed E-state index contributed by atoms with van der Waals surface area (Å²) >= 11 is 0. The highest BCUT2D eigenvalue weighted by Gasteiger charge is 2.57. The highest BCUT2D eigenvalue weighted by atomic mass is 16.4. The Kier molecular flexibility index (Phi) is 5.37. The van der Waals surface area contributed by atoms with Gasteiger partial charge in [0, 0.05) is 0 Å². The van der Waals surface area contributed by atoms with Gasteiger partial charge in [0.1, 0.15) is 0 Å². The fourth-order valence-electron chi connectivity index (χ4n) is 5.07. The van der Waals surface area contributed by atoms with Crippen molar-refractivity contribution in [3.63, 3.8) is 0 Å². The molecule has 130 valence electrons. The van der Waals surface area contributed by atoms with Gasteiger partial charge in [-0.25, -0.2) is 0 Å². The average Bonchev–Trinajstić information content (AvgIpc) is 2.49. The van der Waals surface area contributed by atoms with Crippen LogP contribution in [0.3, 0.4) is 0 Å². The normalized spacial score (nSPS) is 39.2. The van der Waals surface area contributed by atoms with Crippen LogP contribution in [-0.2, 0) is 4.79 Å². The van der Waals surface area contributed by atoms with Crippen LogP contribution < -0.4 is 0 Å². The van der Waals surface area contributed by atoms with E-state index in [1.165, 1.54) is 5.57 Å². The largest absolute Gasteiger partial charge is 0.481 e. The first-order valence-corrected chi connectivity index (χ1v) is 8.62. The van der Waals surface area contributed by atoms with E-state index in [4.69, 9.17) is 5.11 Å². The summed E-state index contributed by atoms with van der Waals surface area (Å²) < 4.78 is 0. The molecule has 5 atom stereocenters. The monoisotopic (exact) mass is 322 g/mol. The lowest BCUT2D eigenvalue weighted by Gasteiger charge is -2.57. The number of hydrogen-bond acceptors (Lipinski definition) is 3. The second-order valence-corrected chi connectivity index (χ2v) is 7.80. The summed E-state index contributed by atoms with van der Waals surface area (Å²) in [5.74, 6) is -0.277. The molecule has 2 saturated carbocycles. The van der Waals surface area contributed by atoms with E-state index in [1.807, 2.05) is 13.0 Å². The summed E-state index contributed by atoms with van der Waals surface area (Å²) in [6.45, 7) is 8.11. The Morgan fingerprint density at radius 2 is 2.13 bits per heavy atom. The van der Waals surface area contributed by atoms with Gasteiger partial charge in [-0.1, -0.05) is 37.6 Å². The number of carbonyl (C=O) groups is 1. The Morgan fingerprint density at radius 3 is 2.74 bits per heavy atom. The number of carboxylic acids is 1. The molecule has 0 aliphatic heterocycles. The lowest BCUT2D eigenvalue weighted by molar-refractivity contribution is -0.164. The molecule has 0 spiro atoms. The predicted molar refractivity (Wildman–Crippen MR) is 89.9 cm³/mol. The van der Waals surface area contributed by atoms with Gasteiger partial charge in [-0.2, -0.15) is 0 Å². The number of aliphatic hydroxyl groups excluding tert-OH is 2. The molecule has 0 aromatic rings. The molecule has 4 nitrogen and oxygen atoms in total. The minimum atomic E-state index is -0.828. The van der Waals surface area contributed by atoms with Gasteiger partial charge < -0.3 is 15.3 Å². The Labute approximate surface area is 138 Å². The maximum atomic E-state index is 11.9. The summed E-state index contributed by atoms with van der Waals surface area (Å²) in [4.78, 5) is 11.9. The zero-order chi connectivity index (χ0) is 17.3. The average molecular weight is 322 g/mol. The molecule has 0 aromatic heterocycles. The van der Waals surface area contributed by atoms with Crippen molar-refractivity contribution in [2.45, 2.75) is 58.5 Å². The Morgan fingerprint density at radius 1 is 1.43 bits per heavy atom. The summed E-state index contributed by atoms with van der Waals surface area (Å²) in [6.07, 6.45) is 7.95. The van der Waals surface area contributed by atoms with Crippen molar-refractivity contribution in [2.75, 3.05) is 6.61 Å². The van der Waals surface area contributed by atoms with Crippen LogP contribution in [0.1, 0.15) is 52.4 Å². The van der Waals surface area contributed by atoms with Gasteiger partial charge in [-0.15, -0.1) is 0 Å². The van der Waals surface area contributed by atoms with Crippen LogP contribution in [-0.4, -0.2) is 34.0 Å². The standard InChI is InChI=1S/C19H30O4/c1-13-8-9-16-18(2,10-5-11-19(16,3)17(22)23)15(13)7-4-6-14(21)12-20/h4,6,14-16,20-21H,1,5,7-12H2,2-3H3,(H,22,23)/b6-4+/t14?,15-,16+,18+,19-/m0/s1. The quantitative estimate of drug-likeness (QED) is 0.680. The molecule has 4 heteroatoms. The molecule has 2 fully saturated rings. The maximum absolute atomic E-state index is 11.9. The molecule has 2 rings (SSSR count). The Hall–Kier alpha value is -1.13. The number of rotatable bonds is 5. The van der Waals surface area contributed by atoms with Crippen molar-refractivity contribution in [2.24, 2.45) is 22.7 Å². The van der Waals surface area contributed by atoms with Gasteiger partial charge in [-0.3, -0.25) is 4.79 Å². The van der Waals surface area contributed by atoms with E-state index in [2.05, 4.69) is 13.5 Å². The highest BCUT2D eigenvalue weighted by molar-refractivity contribution is 5.75. The third kappa shape index (κ3) is 3.24. The molecule has 0 saturated heterocycles. The van der Waals surface area contributed by atoms with E-state index in [-0.39, 0.29) is 23.9 Å². The Balaban J connectivity index is 2.26. The first-order valence-electron chi connectivity index (χ1n) is 8.62. The van der Waals surface area contributed by atoms with Crippen LogP contribution in [0.2, 0.25) is 0 Å². The predicted octanol–water partition coefficient (Wildman–Crippen LogP) is 3.15. The number of hydrogen-bond donors (Lipinski definition) is 3.